The minimum Gasteiger partial charge on any atom is -0.469 e. The van der Waals surface area contributed by atoms with Gasteiger partial charge in [-0.25, -0.2) is 4.98 Å². The fourth-order valence-electron chi connectivity index (χ4n) is 6.81. The van der Waals surface area contributed by atoms with Gasteiger partial charge >= 0.3 is 5.97 Å². The third-order valence-electron chi connectivity index (χ3n) is 7.00. The predicted molar refractivity (Wildman–Crippen MR) is 68.2 cm³/mol. The molecule has 6 fully saturated rings. The number of esters is 1. The molecule has 6 saturated carbocycles. The van der Waals surface area contributed by atoms with Crippen LogP contribution in [0.5, 0.6) is 0 Å². The van der Waals surface area contributed by atoms with E-state index in [0.29, 0.717) is 22.5 Å². The van der Waals surface area contributed by atoms with Crippen molar-refractivity contribution < 1.29 is 9.53 Å². The van der Waals surface area contributed by atoms with Gasteiger partial charge in [0.1, 0.15) is 0 Å². The highest BCUT2D eigenvalue weighted by Crippen LogP contribution is 3.09. The fourth-order valence-corrected chi connectivity index (χ4v) is 8.72. The van der Waals surface area contributed by atoms with Crippen LogP contribution < -0.4 is 0 Å². The molecule has 1 heterocycles. The number of aromatic nitrogens is 1. The van der Waals surface area contributed by atoms with Crippen molar-refractivity contribution in [3.63, 3.8) is 0 Å². The lowest BCUT2D eigenvalue weighted by atomic mass is 8.96. The molecule has 0 radical (unpaired) electrons. The van der Waals surface area contributed by atoms with Crippen LogP contribution in [0.2, 0.25) is 0 Å². The minimum absolute atomic E-state index is 0.00117. The number of methoxy groups -OCH3 is 1. The molecule has 1 aromatic rings. The van der Waals surface area contributed by atoms with E-state index >= 15 is 0 Å². The van der Waals surface area contributed by atoms with Gasteiger partial charge in [0.25, 0.3) is 0 Å². The number of pyridine rings is 1. The Hall–Kier alpha value is -1.03. The van der Waals surface area contributed by atoms with E-state index in [1.807, 2.05) is 24.0 Å². The van der Waals surface area contributed by atoms with Crippen LogP contribution in [-0.4, -0.2) is 22.8 Å². The van der Waals surface area contributed by atoms with Crippen LogP contribution in [0.4, 0.5) is 0 Å². The predicted octanol–water partition coefficient (Wildman–Crippen LogP) is 1.84. The summed E-state index contributed by atoms with van der Waals surface area (Å²) in [5, 5.41) is 1.16. The maximum absolute atomic E-state index is 12.0. The van der Waals surface area contributed by atoms with Crippen molar-refractivity contribution in [2.45, 2.75) is 9.77 Å². The summed E-state index contributed by atoms with van der Waals surface area (Å²) in [6, 6.07) is 6.14. The van der Waals surface area contributed by atoms with Gasteiger partial charge in [-0.05, 0) is 47.6 Å². The number of ether oxygens (including phenoxy) is 1. The Morgan fingerprint density at radius 2 is 1.89 bits per heavy atom. The molecule has 19 heavy (non-hydrogen) atoms. The molecule has 6 aliphatic carbocycles. The molecule has 1 aromatic heterocycles. The summed E-state index contributed by atoms with van der Waals surface area (Å²) >= 11 is 1.99. The zero-order chi connectivity index (χ0) is 12.6. The van der Waals surface area contributed by atoms with Gasteiger partial charge in [-0.1, -0.05) is 17.8 Å². The molecule has 4 heteroatoms. The Morgan fingerprint density at radius 3 is 2.42 bits per heavy atom. The van der Waals surface area contributed by atoms with Gasteiger partial charge in [-0.2, -0.15) is 0 Å². The monoisotopic (exact) mass is 271 g/mol. The number of thioether (sulfide) groups is 1. The molecule has 0 unspecified atom stereocenters. The van der Waals surface area contributed by atoms with Crippen LogP contribution in [0, 0.1) is 40.9 Å². The maximum Gasteiger partial charge on any atom is 0.312 e. The first kappa shape index (κ1) is 9.81. The first-order valence-electron chi connectivity index (χ1n) is 6.98. The third-order valence-corrected chi connectivity index (χ3v) is 8.62. The standard InChI is InChI=1S/C15H13NO2S/c1-18-13(17)14-7-10-8(14)12-9(14)11(7)15(10,12)19-6-4-2-3-5-16-6/h2-5,7-12H,1H3. The lowest BCUT2D eigenvalue weighted by molar-refractivity contribution is -0.580. The summed E-state index contributed by atoms with van der Waals surface area (Å²) in [4.78, 5) is 16.5. The second-order valence-electron chi connectivity index (χ2n) is 6.70. The quantitative estimate of drug-likeness (QED) is 0.786. The Morgan fingerprint density at radius 1 is 1.21 bits per heavy atom. The number of carbonyl (C=O) groups excluding carboxylic acids is 1. The number of carbonyl (C=O) groups is 1. The van der Waals surface area contributed by atoms with E-state index in [2.05, 4.69) is 17.1 Å². The van der Waals surface area contributed by atoms with E-state index in [0.717, 1.165) is 22.8 Å². The van der Waals surface area contributed by atoms with Crippen LogP contribution in [0.25, 0.3) is 0 Å². The first-order chi connectivity index (χ1) is 9.29. The number of hydrogen-bond donors (Lipinski definition) is 0. The molecule has 0 N–H and O–H groups in total. The molecular formula is C15H13NO2S. The first-order valence-corrected chi connectivity index (χ1v) is 7.79. The molecule has 0 aromatic carbocycles. The van der Waals surface area contributed by atoms with Crippen molar-refractivity contribution in [2.24, 2.45) is 40.9 Å². The van der Waals surface area contributed by atoms with E-state index in [4.69, 9.17) is 4.74 Å². The largest absolute Gasteiger partial charge is 0.469 e. The van der Waals surface area contributed by atoms with Crippen LogP contribution in [-0.2, 0) is 9.53 Å². The van der Waals surface area contributed by atoms with Gasteiger partial charge in [0.2, 0.25) is 0 Å². The summed E-state index contributed by atoms with van der Waals surface area (Å²) < 4.78 is 5.53. The molecule has 96 valence electrons. The van der Waals surface area contributed by atoms with Gasteiger partial charge in [0.05, 0.1) is 17.6 Å². The molecule has 7 rings (SSSR count). The number of hydrogen-bond acceptors (Lipinski definition) is 4. The fraction of sp³-hybridized carbons (Fsp3) is 0.600. The number of nitrogens with zero attached hydrogens (tertiary/aromatic N) is 1. The van der Waals surface area contributed by atoms with Gasteiger partial charge in [0, 0.05) is 10.9 Å². The van der Waals surface area contributed by atoms with E-state index in [1.54, 1.807) is 7.11 Å². The molecule has 3 nitrogen and oxygen atoms in total. The van der Waals surface area contributed by atoms with Crippen molar-refractivity contribution in [3.8, 4) is 0 Å². The van der Waals surface area contributed by atoms with Crippen LogP contribution in [0.3, 0.4) is 0 Å². The van der Waals surface area contributed by atoms with Crippen molar-refractivity contribution >= 4 is 17.7 Å². The van der Waals surface area contributed by atoms with E-state index in [1.165, 1.54) is 0 Å². The van der Waals surface area contributed by atoms with Crippen molar-refractivity contribution in [3.05, 3.63) is 24.4 Å². The second kappa shape index (κ2) is 2.46. The SMILES string of the molecule is COC(=O)C12C3C4C1C1C2C3C41Sc1ccccn1. The Kier molecular flexibility index (Phi) is 1.27. The van der Waals surface area contributed by atoms with Crippen LogP contribution in [0.15, 0.2) is 29.4 Å². The summed E-state index contributed by atoms with van der Waals surface area (Å²) in [5.74, 6) is 4.45. The Labute approximate surface area is 115 Å². The molecule has 0 amide bonds. The van der Waals surface area contributed by atoms with E-state index < -0.39 is 0 Å². The molecule has 0 spiro atoms. The van der Waals surface area contributed by atoms with Gasteiger partial charge in [-0.15, -0.1) is 0 Å². The summed E-state index contributed by atoms with van der Waals surface area (Å²) in [7, 11) is 1.54. The van der Waals surface area contributed by atoms with Crippen LogP contribution in [0.1, 0.15) is 0 Å². The van der Waals surface area contributed by atoms with Gasteiger partial charge < -0.3 is 4.74 Å². The van der Waals surface area contributed by atoms with Crippen LogP contribution >= 0.6 is 11.8 Å². The average molecular weight is 271 g/mol. The highest BCUT2D eigenvalue weighted by Gasteiger charge is 3.12. The Balaban J connectivity index is 1.33. The van der Waals surface area contributed by atoms with Crippen molar-refractivity contribution in [1.82, 2.24) is 4.98 Å². The van der Waals surface area contributed by atoms with E-state index in [-0.39, 0.29) is 11.4 Å². The molecule has 0 saturated heterocycles. The highest BCUT2D eigenvalue weighted by molar-refractivity contribution is 8.00. The highest BCUT2D eigenvalue weighted by atomic mass is 32.2. The second-order valence-corrected chi connectivity index (χ2v) is 8.03. The maximum atomic E-state index is 12.0. The minimum atomic E-state index is 0.00117. The van der Waals surface area contributed by atoms with Gasteiger partial charge in [0.15, 0.2) is 0 Å². The molecule has 0 aliphatic heterocycles. The molecular weight excluding hydrogens is 258 g/mol. The van der Waals surface area contributed by atoms with Crippen molar-refractivity contribution in [1.29, 1.82) is 0 Å². The molecule has 6 aliphatic rings. The zero-order valence-electron chi connectivity index (χ0n) is 10.4. The average Bonchev–Trinajstić information content (AvgIpc) is 2.48. The third kappa shape index (κ3) is 0.595. The summed E-state index contributed by atoms with van der Waals surface area (Å²) in [5.41, 5.74) is 0.00117. The normalized spacial score (nSPS) is 59.6. The zero-order valence-corrected chi connectivity index (χ0v) is 11.3. The number of rotatable bonds is 3. The lowest BCUT2D eigenvalue weighted by Gasteiger charge is -3.09. The summed E-state index contributed by atoms with van der Waals surface area (Å²) in [6.07, 6.45) is 1.87. The van der Waals surface area contributed by atoms with E-state index in [9.17, 15) is 4.79 Å². The van der Waals surface area contributed by atoms with Gasteiger partial charge in [-0.3, -0.25) is 4.79 Å². The molecule has 0 atom stereocenters. The molecule has 0 bridgehead atoms. The lowest BCUT2D eigenvalue weighted by Crippen LogP contribution is -3.12. The summed E-state index contributed by atoms with van der Waals surface area (Å²) in [6.45, 7) is 0. The smallest absolute Gasteiger partial charge is 0.312 e. The Bertz CT molecular complexity index is 589. The topological polar surface area (TPSA) is 39.2 Å². The van der Waals surface area contributed by atoms with Crippen molar-refractivity contribution in [2.75, 3.05) is 7.11 Å².